The van der Waals surface area contributed by atoms with Crippen LogP contribution in [0, 0.1) is 0 Å². The third-order valence-electron chi connectivity index (χ3n) is 4.09. The van der Waals surface area contributed by atoms with Crippen LogP contribution in [0.3, 0.4) is 0 Å². The molecule has 1 aromatic heterocycles. The Bertz CT molecular complexity index is 587. The van der Waals surface area contributed by atoms with E-state index in [1.54, 1.807) is 6.20 Å². The number of hydrogen-bond donors (Lipinski definition) is 0. The van der Waals surface area contributed by atoms with Crippen molar-refractivity contribution in [1.82, 2.24) is 10.0 Å². The summed E-state index contributed by atoms with van der Waals surface area (Å²) in [6, 6.07) is 11.9. The Hall–Kier alpha value is -1.42. The maximum Gasteiger partial charge on any atom is 0.106 e. The van der Waals surface area contributed by atoms with E-state index in [9.17, 15) is 0 Å². The van der Waals surface area contributed by atoms with E-state index in [0.29, 0.717) is 0 Å². The lowest BCUT2D eigenvalue weighted by atomic mass is 9.87. The maximum absolute atomic E-state index is 6.02. The van der Waals surface area contributed by atoms with Crippen molar-refractivity contribution in [2.24, 2.45) is 0 Å². The van der Waals surface area contributed by atoms with E-state index in [0.717, 1.165) is 17.0 Å². The molecule has 2 aromatic rings. The topological polar surface area (TPSA) is 25.4 Å². The minimum Gasteiger partial charge on any atom is -0.290 e. The van der Waals surface area contributed by atoms with Crippen LogP contribution in [-0.4, -0.2) is 17.1 Å². The van der Waals surface area contributed by atoms with Gasteiger partial charge in [0.05, 0.1) is 5.54 Å². The molecule has 0 bridgehead atoms. The zero-order chi connectivity index (χ0) is 14.2. The number of nitrogens with zero attached hydrogens (tertiary/aromatic N) is 2. The summed E-state index contributed by atoms with van der Waals surface area (Å²) >= 11 is 5.94. The van der Waals surface area contributed by atoms with Crippen molar-refractivity contribution in [1.29, 1.82) is 0 Å². The van der Waals surface area contributed by atoms with Crippen LogP contribution in [0.4, 0.5) is 0 Å². The highest BCUT2D eigenvalue weighted by Crippen LogP contribution is 2.45. The number of hydroxylamine groups is 2. The number of rotatable bonds is 2. The fraction of sp³-hybridized carbons (Fsp3) is 0.312. The fourth-order valence-corrected chi connectivity index (χ4v) is 2.80. The van der Waals surface area contributed by atoms with Gasteiger partial charge in [-0.05, 0) is 36.2 Å². The standard InChI is InChI=1S/C16H17ClN2O/c1-16(13-4-3-9-18-11-13)10-15(20-19(16)2)12-5-7-14(17)8-6-12/h3-9,11,15H,10H2,1-2H3/t15?,16-/m0/s1. The van der Waals surface area contributed by atoms with Gasteiger partial charge in [0, 0.05) is 30.9 Å². The van der Waals surface area contributed by atoms with Gasteiger partial charge in [0.25, 0.3) is 0 Å². The molecule has 1 fully saturated rings. The summed E-state index contributed by atoms with van der Waals surface area (Å²) in [5.74, 6) is 0. The van der Waals surface area contributed by atoms with Crippen LogP contribution in [-0.2, 0) is 10.4 Å². The van der Waals surface area contributed by atoms with Crippen LogP contribution in [0.5, 0.6) is 0 Å². The molecule has 0 aliphatic carbocycles. The minimum atomic E-state index is -0.168. The first kappa shape index (κ1) is 13.6. The maximum atomic E-state index is 6.02. The average molecular weight is 289 g/mol. The summed E-state index contributed by atoms with van der Waals surface area (Å²) < 4.78 is 0. The number of benzene rings is 1. The van der Waals surface area contributed by atoms with E-state index in [4.69, 9.17) is 16.4 Å². The Kier molecular flexibility index (Phi) is 3.50. The van der Waals surface area contributed by atoms with E-state index in [1.165, 1.54) is 5.56 Å². The molecular weight excluding hydrogens is 272 g/mol. The fourth-order valence-electron chi connectivity index (χ4n) is 2.67. The Morgan fingerprint density at radius 1 is 1.30 bits per heavy atom. The first-order valence-electron chi connectivity index (χ1n) is 6.66. The Balaban J connectivity index is 1.88. The molecule has 2 atom stereocenters. The third kappa shape index (κ3) is 2.33. The Morgan fingerprint density at radius 3 is 2.70 bits per heavy atom. The molecule has 1 aliphatic rings. The van der Waals surface area contributed by atoms with Crippen LogP contribution in [0.25, 0.3) is 0 Å². The first-order chi connectivity index (χ1) is 9.59. The van der Waals surface area contributed by atoms with Crippen LogP contribution in [0.1, 0.15) is 30.6 Å². The SMILES string of the molecule is CN1OC(c2ccc(Cl)cc2)C[C@@]1(C)c1cccnc1. The highest BCUT2D eigenvalue weighted by molar-refractivity contribution is 6.30. The van der Waals surface area contributed by atoms with Gasteiger partial charge in [0.15, 0.2) is 0 Å². The molecule has 2 heterocycles. The van der Waals surface area contributed by atoms with E-state index >= 15 is 0 Å². The molecule has 0 amide bonds. The molecule has 1 aromatic carbocycles. The molecule has 4 heteroatoms. The van der Waals surface area contributed by atoms with Crippen molar-refractivity contribution in [3.8, 4) is 0 Å². The number of hydrogen-bond acceptors (Lipinski definition) is 3. The zero-order valence-electron chi connectivity index (χ0n) is 11.6. The summed E-state index contributed by atoms with van der Waals surface area (Å²) in [4.78, 5) is 10.2. The van der Waals surface area contributed by atoms with Gasteiger partial charge in [-0.3, -0.25) is 9.82 Å². The molecule has 0 saturated carbocycles. The monoisotopic (exact) mass is 288 g/mol. The largest absolute Gasteiger partial charge is 0.290 e. The molecule has 1 aliphatic heterocycles. The van der Waals surface area contributed by atoms with Crippen LogP contribution < -0.4 is 0 Å². The van der Waals surface area contributed by atoms with Crippen LogP contribution >= 0.6 is 11.6 Å². The molecule has 1 unspecified atom stereocenters. The van der Waals surface area contributed by atoms with Crippen molar-refractivity contribution in [2.45, 2.75) is 25.0 Å². The second kappa shape index (κ2) is 5.17. The van der Waals surface area contributed by atoms with Gasteiger partial charge in [-0.1, -0.05) is 29.8 Å². The number of aromatic nitrogens is 1. The second-order valence-corrected chi connectivity index (χ2v) is 5.80. The summed E-state index contributed by atoms with van der Waals surface area (Å²) in [6.07, 6.45) is 4.63. The van der Waals surface area contributed by atoms with Crippen LogP contribution in [0.2, 0.25) is 5.02 Å². The number of pyridine rings is 1. The van der Waals surface area contributed by atoms with Crippen LogP contribution in [0.15, 0.2) is 48.8 Å². The lowest BCUT2D eigenvalue weighted by molar-refractivity contribution is -0.169. The van der Waals surface area contributed by atoms with Crippen molar-refractivity contribution < 1.29 is 4.84 Å². The highest BCUT2D eigenvalue weighted by atomic mass is 35.5. The van der Waals surface area contributed by atoms with E-state index in [1.807, 2.05) is 48.6 Å². The number of halogens is 1. The van der Waals surface area contributed by atoms with Crippen molar-refractivity contribution in [3.63, 3.8) is 0 Å². The predicted molar refractivity (Wildman–Crippen MR) is 79.2 cm³/mol. The predicted octanol–water partition coefficient (Wildman–Crippen LogP) is 3.96. The quantitative estimate of drug-likeness (QED) is 0.836. The van der Waals surface area contributed by atoms with Gasteiger partial charge in [-0.25, -0.2) is 0 Å². The van der Waals surface area contributed by atoms with Gasteiger partial charge in [0.1, 0.15) is 6.10 Å². The Labute approximate surface area is 124 Å². The summed E-state index contributed by atoms with van der Waals surface area (Å²) in [5.41, 5.74) is 2.14. The van der Waals surface area contributed by atoms with Crippen molar-refractivity contribution >= 4 is 11.6 Å². The van der Waals surface area contributed by atoms with Gasteiger partial charge >= 0.3 is 0 Å². The van der Waals surface area contributed by atoms with E-state index in [2.05, 4.69) is 18.0 Å². The molecule has 3 nitrogen and oxygen atoms in total. The van der Waals surface area contributed by atoms with E-state index in [-0.39, 0.29) is 11.6 Å². The second-order valence-electron chi connectivity index (χ2n) is 5.36. The molecule has 0 spiro atoms. The molecule has 20 heavy (non-hydrogen) atoms. The average Bonchev–Trinajstić information content (AvgIpc) is 2.78. The molecule has 104 valence electrons. The zero-order valence-corrected chi connectivity index (χ0v) is 12.3. The lowest BCUT2D eigenvalue weighted by Crippen LogP contribution is -2.34. The summed E-state index contributed by atoms with van der Waals surface area (Å²) in [6.45, 7) is 2.18. The lowest BCUT2D eigenvalue weighted by Gasteiger charge is -2.29. The van der Waals surface area contributed by atoms with E-state index < -0.39 is 0 Å². The smallest absolute Gasteiger partial charge is 0.106 e. The normalized spacial score (nSPS) is 26.9. The van der Waals surface area contributed by atoms with Gasteiger partial charge in [0.2, 0.25) is 0 Å². The first-order valence-corrected chi connectivity index (χ1v) is 7.04. The van der Waals surface area contributed by atoms with Gasteiger partial charge in [-0.2, -0.15) is 5.06 Å². The van der Waals surface area contributed by atoms with Gasteiger partial charge < -0.3 is 0 Å². The molecule has 0 N–H and O–H groups in total. The summed E-state index contributed by atoms with van der Waals surface area (Å²) in [5, 5.41) is 2.68. The molecule has 0 radical (unpaired) electrons. The molecule has 1 saturated heterocycles. The molecule has 3 rings (SSSR count). The third-order valence-corrected chi connectivity index (χ3v) is 4.34. The Morgan fingerprint density at radius 2 is 2.05 bits per heavy atom. The molecular formula is C16H17ClN2O. The van der Waals surface area contributed by atoms with Crippen molar-refractivity contribution in [2.75, 3.05) is 7.05 Å². The minimum absolute atomic E-state index is 0.0440. The van der Waals surface area contributed by atoms with Gasteiger partial charge in [-0.15, -0.1) is 0 Å². The highest BCUT2D eigenvalue weighted by Gasteiger charge is 2.43. The summed E-state index contributed by atoms with van der Waals surface area (Å²) in [7, 11) is 1.98. The van der Waals surface area contributed by atoms with Crippen molar-refractivity contribution in [3.05, 3.63) is 64.9 Å².